The number of benzene rings is 2. The average Bonchev–Trinajstić information content (AvgIpc) is 3.49. The highest BCUT2D eigenvalue weighted by molar-refractivity contribution is 6.06. The molecule has 12 heteroatoms. The topological polar surface area (TPSA) is 115 Å². The van der Waals surface area contributed by atoms with Crippen molar-refractivity contribution in [2.45, 2.75) is 103 Å². The van der Waals surface area contributed by atoms with Gasteiger partial charge in [-0.1, -0.05) is 0 Å². The monoisotopic (exact) mass is 658 g/mol. The van der Waals surface area contributed by atoms with Gasteiger partial charge in [-0.3, -0.25) is 0 Å². The van der Waals surface area contributed by atoms with E-state index in [4.69, 9.17) is 24.2 Å². The summed E-state index contributed by atoms with van der Waals surface area (Å²) in [5, 5.41) is 18.5. The fraction of sp³-hybridized carbons (Fsp3) is 0.556. The summed E-state index contributed by atoms with van der Waals surface area (Å²) in [6.07, 6.45) is 6.77. The van der Waals surface area contributed by atoms with Crippen LogP contribution < -0.4 is 9.64 Å². The minimum absolute atomic E-state index is 0.0181. The zero-order valence-corrected chi connectivity index (χ0v) is 28.3. The lowest BCUT2D eigenvalue weighted by Gasteiger charge is -2.36. The summed E-state index contributed by atoms with van der Waals surface area (Å²) in [6.45, 7) is 11.3. The summed E-state index contributed by atoms with van der Waals surface area (Å²) < 4.78 is 35.2. The van der Waals surface area contributed by atoms with Crippen LogP contribution in [0.15, 0.2) is 18.3 Å². The smallest absolute Gasteiger partial charge is 0.410 e. The van der Waals surface area contributed by atoms with Crippen molar-refractivity contribution >= 4 is 33.7 Å². The van der Waals surface area contributed by atoms with E-state index >= 15 is 4.39 Å². The number of fused-ring (bicyclic) bond motifs is 4. The molecular formula is C36H43FN6O5. The SMILES string of the molecule is CCOc1nc(N2C[C@@H]3C[C@H]2CN3C(=O)OC(C)(C)C)c2cc(C3CC3)c(-c3c(C)c(F)cc4c3cnn4C3CCCCO3)c(O)c2n1. The molecule has 1 saturated carbocycles. The van der Waals surface area contributed by atoms with Gasteiger partial charge in [0.2, 0.25) is 0 Å². The molecule has 0 spiro atoms. The molecule has 0 radical (unpaired) electrons. The first kappa shape index (κ1) is 31.1. The van der Waals surface area contributed by atoms with E-state index in [0.29, 0.717) is 59.8 Å². The number of piperazine rings is 1. The number of aromatic nitrogens is 4. The Morgan fingerprint density at radius 3 is 2.56 bits per heavy atom. The summed E-state index contributed by atoms with van der Waals surface area (Å²) in [7, 11) is 0. The Morgan fingerprint density at radius 1 is 1.08 bits per heavy atom. The van der Waals surface area contributed by atoms with Crippen molar-refractivity contribution in [2.24, 2.45) is 0 Å². The number of phenols is 1. The van der Waals surface area contributed by atoms with E-state index in [1.165, 1.54) is 6.07 Å². The molecule has 8 rings (SSSR count). The quantitative estimate of drug-likeness (QED) is 0.235. The number of likely N-dealkylation sites (tertiary alicyclic amines) is 1. The summed E-state index contributed by atoms with van der Waals surface area (Å²) in [6, 6.07) is 3.80. The number of anilines is 1. The summed E-state index contributed by atoms with van der Waals surface area (Å²) in [4.78, 5) is 26.6. The number of carbonyl (C=O) groups is 1. The highest BCUT2D eigenvalue weighted by Gasteiger charge is 2.48. The fourth-order valence-electron chi connectivity index (χ4n) is 7.82. The number of nitrogens with zero attached hydrogens (tertiary/aromatic N) is 6. The molecule has 2 aromatic heterocycles. The van der Waals surface area contributed by atoms with Gasteiger partial charge in [0.25, 0.3) is 0 Å². The molecule has 1 aliphatic carbocycles. The Labute approximate surface area is 279 Å². The summed E-state index contributed by atoms with van der Waals surface area (Å²) >= 11 is 0. The first-order chi connectivity index (χ1) is 23.0. The van der Waals surface area contributed by atoms with Crippen molar-refractivity contribution < 1.29 is 28.5 Å². The van der Waals surface area contributed by atoms with E-state index in [9.17, 15) is 9.90 Å². The standard InChI is InChI=1S/C36H43FN6O5/c1-6-46-34-39-31-24(33(40-34)41-17-22-13-21(41)18-42(22)35(45)48-36(3,4)5)14-23(20-10-11-20)30(32(31)44)29-19(2)26(37)15-27-25(29)16-38-43(27)28-9-7-8-12-47-28/h14-16,20-22,28,44H,6-13,17-18H2,1-5H3/t21-,22-,28?/m0/s1. The van der Waals surface area contributed by atoms with E-state index in [1.54, 1.807) is 17.8 Å². The number of hydrogen-bond acceptors (Lipinski definition) is 9. The maximum atomic E-state index is 15.9. The van der Waals surface area contributed by atoms with E-state index in [-0.39, 0.29) is 47.9 Å². The van der Waals surface area contributed by atoms with Gasteiger partial charge >= 0.3 is 12.1 Å². The molecule has 5 heterocycles. The minimum Gasteiger partial charge on any atom is -0.505 e. The van der Waals surface area contributed by atoms with Crippen molar-refractivity contribution in [1.82, 2.24) is 24.6 Å². The molecule has 3 atom stereocenters. The van der Waals surface area contributed by atoms with Crippen LogP contribution in [0.4, 0.5) is 15.0 Å². The molecule has 4 fully saturated rings. The van der Waals surface area contributed by atoms with Crippen molar-refractivity contribution in [3.05, 3.63) is 35.3 Å². The second-order valence-corrected chi connectivity index (χ2v) is 14.7. The Bertz CT molecular complexity index is 1930. The van der Waals surface area contributed by atoms with Crippen molar-refractivity contribution in [1.29, 1.82) is 0 Å². The van der Waals surface area contributed by atoms with Gasteiger partial charge in [-0.15, -0.1) is 0 Å². The van der Waals surface area contributed by atoms with E-state index in [0.717, 1.165) is 54.9 Å². The van der Waals surface area contributed by atoms with Crippen LogP contribution in [0.2, 0.25) is 0 Å². The van der Waals surface area contributed by atoms with Crippen molar-refractivity contribution in [2.75, 3.05) is 31.2 Å². The molecule has 48 heavy (non-hydrogen) atoms. The number of phenolic OH excluding ortho intramolecular Hbond substituents is 1. The highest BCUT2D eigenvalue weighted by Crippen LogP contribution is 2.53. The highest BCUT2D eigenvalue weighted by atomic mass is 19.1. The molecule has 3 saturated heterocycles. The number of carbonyl (C=O) groups excluding carboxylic acids is 1. The van der Waals surface area contributed by atoms with Gasteiger partial charge in [0.1, 0.15) is 28.5 Å². The third kappa shape index (κ3) is 5.19. The second-order valence-electron chi connectivity index (χ2n) is 14.7. The largest absolute Gasteiger partial charge is 0.505 e. The predicted molar refractivity (Wildman–Crippen MR) is 179 cm³/mol. The van der Waals surface area contributed by atoms with Crippen LogP contribution in [0.25, 0.3) is 32.9 Å². The molecule has 1 unspecified atom stereocenters. The van der Waals surface area contributed by atoms with E-state index in [1.807, 2.05) is 32.6 Å². The first-order valence-corrected chi connectivity index (χ1v) is 17.3. The summed E-state index contributed by atoms with van der Waals surface area (Å²) in [5.41, 5.74) is 3.03. The predicted octanol–water partition coefficient (Wildman–Crippen LogP) is 6.97. The third-order valence-corrected chi connectivity index (χ3v) is 10.2. The number of halogens is 1. The average molecular weight is 659 g/mol. The maximum absolute atomic E-state index is 15.9. The molecule has 1 N–H and O–H groups in total. The number of aromatic hydroxyl groups is 1. The number of hydrogen-bond donors (Lipinski definition) is 1. The van der Waals surface area contributed by atoms with Gasteiger partial charge in [-0.25, -0.2) is 13.9 Å². The van der Waals surface area contributed by atoms with Gasteiger partial charge in [-0.05, 0) is 96.3 Å². The van der Waals surface area contributed by atoms with Crippen molar-refractivity contribution in [3.8, 4) is 22.9 Å². The fourth-order valence-corrected chi connectivity index (χ4v) is 7.82. The molecular weight excluding hydrogens is 615 g/mol. The van der Waals surface area contributed by atoms with E-state index < -0.39 is 5.60 Å². The summed E-state index contributed by atoms with van der Waals surface area (Å²) in [5.74, 6) is 0.501. The zero-order chi connectivity index (χ0) is 33.5. The Balaban J connectivity index is 1.27. The van der Waals surface area contributed by atoms with Crippen molar-refractivity contribution in [3.63, 3.8) is 0 Å². The van der Waals surface area contributed by atoms with Gasteiger partial charge in [-0.2, -0.15) is 15.1 Å². The lowest BCUT2D eigenvalue weighted by molar-refractivity contribution is -0.0366. The van der Waals surface area contributed by atoms with Crippen LogP contribution >= 0.6 is 0 Å². The normalized spacial score (nSPS) is 22.7. The number of amides is 1. The van der Waals surface area contributed by atoms with Gasteiger partial charge in [0.05, 0.1) is 30.4 Å². The third-order valence-electron chi connectivity index (χ3n) is 10.2. The molecule has 11 nitrogen and oxygen atoms in total. The molecule has 2 bridgehead atoms. The molecule has 1 amide bonds. The van der Waals surface area contributed by atoms with Crippen LogP contribution in [-0.2, 0) is 9.47 Å². The Kier molecular flexibility index (Phi) is 7.43. The molecule has 4 aromatic rings. The molecule has 2 aromatic carbocycles. The molecule has 254 valence electrons. The number of rotatable bonds is 6. The van der Waals surface area contributed by atoms with Gasteiger partial charge < -0.3 is 29.1 Å². The minimum atomic E-state index is -0.573. The van der Waals surface area contributed by atoms with Gasteiger partial charge in [0, 0.05) is 47.7 Å². The molecule has 4 aliphatic rings. The van der Waals surface area contributed by atoms with Crippen LogP contribution in [0.1, 0.15) is 89.5 Å². The number of ether oxygens (including phenoxy) is 3. The molecule has 3 aliphatic heterocycles. The Morgan fingerprint density at radius 2 is 1.90 bits per heavy atom. The lowest BCUT2D eigenvalue weighted by Crippen LogP contribution is -2.50. The maximum Gasteiger partial charge on any atom is 0.410 e. The first-order valence-electron chi connectivity index (χ1n) is 17.3. The van der Waals surface area contributed by atoms with Crippen LogP contribution in [-0.4, -0.2) is 79.8 Å². The lowest BCUT2D eigenvalue weighted by atomic mass is 9.88. The van der Waals surface area contributed by atoms with E-state index in [2.05, 4.69) is 16.1 Å². The van der Waals surface area contributed by atoms with Crippen LogP contribution in [0.3, 0.4) is 0 Å². The van der Waals surface area contributed by atoms with Gasteiger partial charge in [0.15, 0.2) is 6.23 Å². The van der Waals surface area contributed by atoms with Crippen LogP contribution in [0.5, 0.6) is 11.8 Å². The van der Waals surface area contributed by atoms with Crippen LogP contribution in [0, 0.1) is 12.7 Å². The second kappa shape index (κ2) is 11.5. The zero-order valence-electron chi connectivity index (χ0n) is 28.3. The Hall–Kier alpha value is -4.19.